The molecule has 0 fully saturated rings. The number of rotatable bonds is 8. The van der Waals surface area contributed by atoms with Crippen molar-refractivity contribution in [1.29, 1.82) is 0 Å². The number of hydrogen-bond acceptors (Lipinski definition) is 5. The molecule has 29 heavy (non-hydrogen) atoms. The van der Waals surface area contributed by atoms with Gasteiger partial charge in [-0.2, -0.15) is 0 Å². The zero-order valence-electron chi connectivity index (χ0n) is 16.3. The average Bonchev–Trinajstić information content (AvgIpc) is 3.03. The standard InChI is InChI=1S/C21H23N3O5/c1-3-29-16-7-4-14(5-8-16)19(23-21(27)22-13-25)12-24-11-15-6-9-17(28-2)10-18(15)20(24)26/h4-10,13,19H,3,11-12H2,1-2H3,(H2,22,23,25,27)/t19-/m0/s1. The van der Waals surface area contributed by atoms with Crippen molar-refractivity contribution in [3.63, 3.8) is 0 Å². The molecule has 3 rings (SSSR count). The number of methoxy groups -OCH3 is 1. The summed E-state index contributed by atoms with van der Waals surface area (Å²) >= 11 is 0. The Labute approximate surface area is 168 Å². The predicted molar refractivity (Wildman–Crippen MR) is 106 cm³/mol. The summed E-state index contributed by atoms with van der Waals surface area (Å²) in [5, 5.41) is 4.81. The van der Waals surface area contributed by atoms with Crippen LogP contribution < -0.4 is 20.1 Å². The van der Waals surface area contributed by atoms with Crippen molar-refractivity contribution in [2.45, 2.75) is 19.5 Å². The van der Waals surface area contributed by atoms with Crippen molar-refractivity contribution in [3.8, 4) is 11.5 Å². The lowest BCUT2D eigenvalue weighted by Crippen LogP contribution is -2.42. The SMILES string of the molecule is CCOc1ccc([C@H](CN2Cc3ccc(OC)cc3C2=O)NC(=O)NC=O)cc1. The number of imide groups is 1. The topological polar surface area (TPSA) is 97.0 Å². The van der Waals surface area contributed by atoms with Gasteiger partial charge < -0.3 is 19.7 Å². The minimum atomic E-state index is -0.635. The van der Waals surface area contributed by atoms with E-state index >= 15 is 0 Å². The Morgan fingerprint density at radius 3 is 2.59 bits per heavy atom. The van der Waals surface area contributed by atoms with Crippen LogP contribution in [0.4, 0.5) is 4.79 Å². The third kappa shape index (κ3) is 4.66. The minimum Gasteiger partial charge on any atom is -0.497 e. The first-order chi connectivity index (χ1) is 14.0. The van der Waals surface area contributed by atoms with Crippen molar-refractivity contribution in [2.24, 2.45) is 0 Å². The van der Waals surface area contributed by atoms with Gasteiger partial charge in [0.25, 0.3) is 5.91 Å². The molecule has 4 amide bonds. The molecular formula is C21H23N3O5. The third-order valence-corrected chi connectivity index (χ3v) is 4.69. The van der Waals surface area contributed by atoms with Gasteiger partial charge in [0.2, 0.25) is 6.41 Å². The Balaban J connectivity index is 1.80. The van der Waals surface area contributed by atoms with Crippen LogP contribution in [0, 0.1) is 0 Å². The highest BCUT2D eigenvalue weighted by molar-refractivity contribution is 5.98. The molecule has 0 saturated heterocycles. The molecule has 0 bridgehead atoms. The quantitative estimate of drug-likeness (QED) is 0.666. The Morgan fingerprint density at radius 2 is 1.93 bits per heavy atom. The summed E-state index contributed by atoms with van der Waals surface area (Å²) < 4.78 is 10.7. The monoisotopic (exact) mass is 397 g/mol. The van der Waals surface area contributed by atoms with Gasteiger partial charge in [0.1, 0.15) is 11.5 Å². The molecule has 1 heterocycles. The molecule has 0 radical (unpaired) electrons. The molecular weight excluding hydrogens is 374 g/mol. The lowest BCUT2D eigenvalue weighted by atomic mass is 10.1. The molecule has 0 spiro atoms. The molecule has 2 N–H and O–H groups in total. The largest absolute Gasteiger partial charge is 0.497 e. The maximum atomic E-state index is 12.8. The van der Waals surface area contributed by atoms with Gasteiger partial charge in [-0.1, -0.05) is 18.2 Å². The molecule has 8 heteroatoms. The summed E-state index contributed by atoms with van der Waals surface area (Å²) in [4.78, 5) is 37.1. The number of amides is 4. The van der Waals surface area contributed by atoms with Gasteiger partial charge in [-0.15, -0.1) is 0 Å². The van der Waals surface area contributed by atoms with Crippen molar-refractivity contribution in [1.82, 2.24) is 15.5 Å². The first-order valence-corrected chi connectivity index (χ1v) is 9.25. The van der Waals surface area contributed by atoms with E-state index in [1.807, 2.05) is 31.2 Å². The maximum Gasteiger partial charge on any atom is 0.321 e. The van der Waals surface area contributed by atoms with Gasteiger partial charge in [-0.3, -0.25) is 14.9 Å². The number of nitrogens with one attached hydrogen (secondary N) is 2. The summed E-state index contributed by atoms with van der Waals surface area (Å²) in [6.45, 7) is 3.12. The molecule has 0 aliphatic carbocycles. The summed E-state index contributed by atoms with van der Waals surface area (Å²) in [6, 6.07) is 11.5. The lowest BCUT2D eigenvalue weighted by molar-refractivity contribution is -0.108. The van der Waals surface area contributed by atoms with Gasteiger partial charge in [0, 0.05) is 18.7 Å². The molecule has 1 aliphatic rings. The Kier molecular flexibility index (Phi) is 6.33. The van der Waals surface area contributed by atoms with Crippen LogP contribution in [0.3, 0.4) is 0 Å². The highest BCUT2D eigenvalue weighted by atomic mass is 16.5. The van der Waals surface area contributed by atoms with Crippen LogP contribution in [0.25, 0.3) is 0 Å². The normalized spacial score (nSPS) is 13.4. The molecule has 0 aromatic heterocycles. The number of benzene rings is 2. The van der Waals surface area contributed by atoms with Gasteiger partial charge in [0.15, 0.2) is 0 Å². The second-order valence-corrected chi connectivity index (χ2v) is 6.50. The van der Waals surface area contributed by atoms with Crippen LogP contribution in [0.5, 0.6) is 11.5 Å². The number of hydrogen-bond donors (Lipinski definition) is 2. The predicted octanol–water partition coefficient (Wildman–Crippen LogP) is 2.25. The highest BCUT2D eigenvalue weighted by Crippen LogP contribution is 2.29. The minimum absolute atomic E-state index is 0.132. The fraction of sp³-hybridized carbons (Fsp3) is 0.286. The van der Waals surface area contributed by atoms with Gasteiger partial charge in [0.05, 0.1) is 19.8 Å². The van der Waals surface area contributed by atoms with Crippen molar-refractivity contribution >= 4 is 18.3 Å². The second kappa shape index (κ2) is 9.09. The van der Waals surface area contributed by atoms with E-state index < -0.39 is 12.1 Å². The number of urea groups is 1. The number of carbonyl (C=O) groups excluding carboxylic acids is 3. The zero-order chi connectivity index (χ0) is 20.8. The third-order valence-electron chi connectivity index (χ3n) is 4.69. The van der Waals surface area contributed by atoms with Crippen LogP contribution in [0.15, 0.2) is 42.5 Å². The summed E-state index contributed by atoms with van der Waals surface area (Å²) in [5.74, 6) is 1.20. The van der Waals surface area contributed by atoms with Gasteiger partial charge in [-0.25, -0.2) is 4.79 Å². The van der Waals surface area contributed by atoms with E-state index in [9.17, 15) is 14.4 Å². The van der Waals surface area contributed by atoms with E-state index in [1.54, 1.807) is 30.2 Å². The fourth-order valence-corrected chi connectivity index (χ4v) is 3.29. The van der Waals surface area contributed by atoms with Crippen LogP contribution >= 0.6 is 0 Å². The van der Waals surface area contributed by atoms with E-state index in [0.29, 0.717) is 36.6 Å². The van der Waals surface area contributed by atoms with Crippen molar-refractivity contribution < 1.29 is 23.9 Å². The molecule has 2 aromatic carbocycles. The Hall–Kier alpha value is -3.55. The summed E-state index contributed by atoms with van der Waals surface area (Å²) in [6.07, 6.45) is 0.313. The Bertz CT molecular complexity index is 898. The van der Waals surface area contributed by atoms with Crippen LogP contribution in [-0.4, -0.2) is 43.5 Å². The molecule has 1 aliphatic heterocycles. The molecule has 0 saturated carbocycles. The van der Waals surface area contributed by atoms with Gasteiger partial charge in [-0.05, 0) is 42.3 Å². The van der Waals surface area contributed by atoms with E-state index in [1.165, 1.54) is 0 Å². The average molecular weight is 397 g/mol. The maximum absolute atomic E-state index is 12.8. The first-order valence-electron chi connectivity index (χ1n) is 9.25. The first kappa shape index (κ1) is 20.2. The second-order valence-electron chi connectivity index (χ2n) is 6.50. The van der Waals surface area contributed by atoms with E-state index in [4.69, 9.17) is 9.47 Å². The highest BCUT2D eigenvalue weighted by Gasteiger charge is 2.30. The van der Waals surface area contributed by atoms with E-state index in [2.05, 4.69) is 10.6 Å². The molecule has 152 valence electrons. The van der Waals surface area contributed by atoms with Crippen LogP contribution in [-0.2, 0) is 11.3 Å². The van der Waals surface area contributed by atoms with E-state index in [-0.39, 0.29) is 12.5 Å². The van der Waals surface area contributed by atoms with Crippen molar-refractivity contribution in [2.75, 3.05) is 20.3 Å². The zero-order valence-corrected chi connectivity index (χ0v) is 16.3. The van der Waals surface area contributed by atoms with Crippen LogP contribution in [0.1, 0.15) is 34.5 Å². The smallest absolute Gasteiger partial charge is 0.321 e. The number of nitrogens with zero attached hydrogens (tertiary/aromatic N) is 1. The number of fused-ring (bicyclic) bond motifs is 1. The molecule has 1 atom stereocenters. The lowest BCUT2D eigenvalue weighted by Gasteiger charge is -2.25. The number of ether oxygens (including phenoxy) is 2. The van der Waals surface area contributed by atoms with Crippen LogP contribution in [0.2, 0.25) is 0 Å². The Morgan fingerprint density at radius 1 is 1.21 bits per heavy atom. The van der Waals surface area contributed by atoms with E-state index in [0.717, 1.165) is 11.1 Å². The molecule has 8 nitrogen and oxygen atoms in total. The fourth-order valence-electron chi connectivity index (χ4n) is 3.29. The van der Waals surface area contributed by atoms with Gasteiger partial charge >= 0.3 is 6.03 Å². The van der Waals surface area contributed by atoms with Crippen molar-refractivity contribution in [3.05, 3.63) is 59.2 Å². The molecule has 2 aromatic rings. The summed E-state index contributed by atoms with van der Waals surface area (Å²) in [7, 11) is 1.55. The number of carbonyl (C=O) groups is 3. The molecule has 0 unspecified atom stereocenters. The summed E-state index contributed by atoms with van der Waals surface area (Å²) in [5.41, 5.74) is 2.28.